The number of hydrogen-bond acceptors (Lipinski definition) is 4. The highest BCUT2D eigenvalue weighted by atomic mass is 19.2. The zero-order valence-electron chi connectivity index (χ0n) is 18.9. The zero-order chi connectivity index (χ0) is 24.9. The number of aryl methyl sites for hydroxylation is 1. The van der Waals surface area contributed by atoms with Crippen molar-refractivity contribution < 1.29 is 18.0 Å². The molecule has 1 aliphatic rings. The third-order valence-corrected chi connectivity index (χ3v) is 6.13. The molecule has 4 heterocycles. The van der Waals surface area contributed by atoms with Crippen LogP contribution >= 0.6 is 0 Å². The van der Waals surface area contributed by atoms with Gasteiger partial charge < -0.3 is 14.0 Å². The number of benzene rings is 1. The summed E-state index contributed by atoms with van der Waals surface area (Å²) >= 11 is 0. The molecule has 0 N–H and O–H groups in total. The second-order valence-electron chi connectivity index (χ2n) is 8.36. The van der Waals surface area contributed by atoms with E-state index < -0.39 is 23.5 Å². The van der Waals surface area contributed by atoms with Crippen molar-refractivity contribution in [2.45, 2.75) is 26.4 Å². The van der Waals surface area contributed by atoms with Gasteiger partial charge in [-0.2, -0.15) is 0 Å². The smallest absolute Gasteiger partial charge is 0.275 e. The van der Waals surface area contributed by atoms with Crippen molar-refractivity contribution in [1.29, 1.82) is 0 Å². The van der Waals surface area contributed by atoms with E-state index in [-0.39, 0.29) is 35.0 Å². The first-order valence-electron chi connectivity index (χ1n) is 10.9. The Kier molecular flexibility index (Phi) is 5.50. The van der Waals surface area contributed by atoms with Crippen molar-refractivity contribution >= 4 is 5.91 Å². The van der Waals surface area contributed by atoms with Gasteiger partial charge in [-0.05, 0) is 50.2 Å². The minimum atomic E-state index is -1.54. The second kappa shape index (κ2) is 8.53. The summed E-state index contributed by atoms with van der Waals surface area (Å²) < 4.78 is 43.8. The standard InChI is InChI=1S/C25H20F3N5O2/c1-14-12-31(13-29-14)21-6-7-22-25(35)32(8-9-33(22)24(21)34)15(2)19-4-3-5-20(30-19)16-10-17(26)23(28)18(27)11-16/h3-7,10-13,15H,8-9H2,1-2H3/t15-/m0/s1. The summed E-state index contributed by atoms with van der Waals surface area (Å²) in [7, 11) is 0. The van der Waals surface area contributed by atoms with E-state index in [1.165, 1.54) is 4.57 Å². The largest absolute Gasteiger partial charge is 0.327 e. The lowest BCUT2D eigenvalue weighted by Gasteiger charge is -2.34. The number of fused-ring (bicyclic) bond motifs is 1. The third kappa shape index (κ3) is 3.90. The van der Waals surface area contributed by atoms with E-state index >= 15 is 0 Å². The molecule has 0 unspecified atom stereocenters. The maximum Gasteiger partial charge on any atom is 0.275 e. The lowest BCUT2D eigenvalue weighted by molar-refractivity contribution is 0.0624. The van der Waals surface area contributed by atoms with Gasteiger partial charge in [-0.25, -0.2) is 18.2 Å². The van der Waals surface area contributed by atoms with Crippen molar-refractivity contribution in [2.75, 3.05) is 6.54 Å². The predicted molar refractivity (Wildman–Crippen MR) is 122 cm³/mol. The molecule has 0 saturated carbocycles. The molecule has 0 spiro atoms. The van der Waals surface area contributed by atoms with Gasteiger partial charge >= 0.3 is 0 Å². The third-order valence-electron chi connectivity index (χ3n) is 6.13. The highest BCUT2D eigenvalue weighted by Gasteiger charge is 2.30. The molecule has 10 heteroatoms. The maximum absolute atomic E-state index is 13.7. The van der Waals surface area contributed by atoms with E-state index in [0.717, 1.165) is 17.8 Å². The first-order chi connectivity index (χ1) is 16.7. The Hall–Kier alpha value is -4.21. The highest BCUT2D eigenvalue weighted by Crippen LogP contribution is 2.27. The number of pyridine rings is 2. The van der Waals surface area contributed by atoms with Gasteiger partial charge in [-0.15, -0.1) is 0 Å². The van der Waals surface area contributed by atoms with E-state index in [0.29, 0.717) is 17.9 Å². The van der Waals surface area contributed by atoms with Crippen molar-refractivity contribution in [2.24, 2.45) is 0 Å². The number of aromatic nitrogens is 4. The summed E-state index contributed by atoms with van der Waals surface area (Å²) in [4.78, 5) is 36.5. The number of amides is 1. The highest BCUT2D eigenvalue weighted by molar-refractivity contribution is 5.93. The Balaban J connectivity index is 1.45. The van der Waals surface area contributed by atoms with Crippen LogP contribution in [0.15, 0.2) is 59.8 Å². The summed E-state index contributed by atoms with van der Waals surface area (Å²) in [6.45, 7) is 4.17. The molecule has 0 bridgehead atoms. The summed E-state index contributed by atoms with van der Waals surface area (Å²) in [5.41, 5.74) is 1.95. The number of imidazole rings is 1. The zero-order valence-corrected chi connectivity index (χ0v) is 18.9. The molecule has 0 fully saturated rings. The van der Waals surface area contributed by atoms with Crippen molar-refractivity contribution in [3.8, 4) is 16.9 Å². The van der Waals surface area contributed by atoms with E-state index in [1.54, 1.807) is 59.2 Å². The van der Waals surface area contributed by atoms with Gasteiger partial charge in [-0.1, -0.05) is 6.07 Å². The van der Waals surface area contributed by atoms with E-state index in [2.05, 4.69) is 9.97 Å². The fraction of sp³-hybridized carbons (Fsp3) is 0.200. The molecule has 1 aromatic carbocycles. The molecule has 178 valence electrons. The Morgan fingerprint density at radius 3 is 2.43 bits per heavy atom. The van der Waals surface area contributed by atoms with Crippen LogP contribution in [0.3, 0.4) is 0 Å². The Bertz CT molecular complexity index is 1500. The van der Waals surface area contributed by atoms with E-state index in [9.17, 15) is 22.8 Å². The van der Waals surface area contributed by atoms with Gasteiger partial charge in [0.1, 0.15) is 11.4 Å². The molecule has 7 nitrogen and oxygen atoms in total. The minimum Gasteiger partial charge on any atom is -0.327 e. The molecule has 5 rings (SSSR count). The molecule has 0 saturated heterocycles. The Labute approximate surface area is 198 Å². The van der Waals surface area contributed by atoms with Gasteiger partial charge in [0, 0.05) is 24.8 Å². The van der Waals surface area contributed by atoms with Gasteiger partial charge in [0.15, 0.2) is 17.5 Å². The number of carbonyl (C=O) groups is 1. The number of halogens is 3. The molecule has 1 atom stereocenters. The average molecular weight is 479 g/mol. The molecule has 4 aromatic rings. The maximum atomic E-state index is 13.7. The van der Waals surface area contributed by atoms with Crippen LogP contribution in [0.4, 0.5) is 13.2 Å². The molecular weight excluding hydrogens is 459 g/mol. The quantitative estimate of drug-likeness (QED) is 0.414. The van der Waals surface area contributed by atoms with Crippen LogP contribution in [0.25, 0.3) is 16.9 Å². The normalized spacial score (nSPS) is 14.2. The van der Waals surface area contributed by atoms with Crippen LogP contribution in [0.5, 0.6) is 0 Å². The van der Waals surface area contributed by atoms with Crippen molar-refractivity contribution in [3.63, 3.8) is 0 Å². The van der Waals surface area contributed by atoms with Gasteiger partial charge in [0.25, 0.3) is 11.5 Å². The first-order valence-corrected chi connectivity index (χ1v) is 10.9. The van der Waals surface area contributed by atoms with Crippen LogP contribution in [-0.4, -0.2) is 36.5 Å². The number of rotatable bonds is 4. The lowest BCUT2D eigenvalue weighted by atomic mass is 10.1. The van der Waals surface area contributed by atoms with Crippen molar-refractivity contribution in [3.05, 3.63) is 99.9 Å². The van der Waals surface area contributed by atoms with Gasteiger partial charge in [0.05, 0.1) is 29.5 Å². The number of carbonyl (C=O) groups excluding carboxylic acids is 1. The number of hydrogen-bond donors (Lipinski definition) is 0. The fourth-order valence-electron chi connectivity index (χ4n) is 4.26. The van der Waals surface area contributed by atoms with Crippen LogP contribution in [0, 0.1) is 24.4 Å². The SMILES string of the molecule is Cc1cn(-c2ccc3n(c2=O)CCN([C@@H](C)c2cccc(-c4cc(F)c(F)c(F)c4)n2)C3=O)cn1. The van der Waals surface area contributed by atoms with Crippen LogP contribution in [-0.2, 0) is 6.54 Å². The molecule has 35 heavy (non-hydrogen) atoms. The molecule has 3 aromatic heterocycles. The summed E-state index contributed by atoms with van der Waals surface area (Å²) in [5, 5.41) is 0. The molecule has 1 aliphatic heterocycles. The predicted octanol–water partition coefficient (Wildman–Crippen LogP) is 4.04. The van der Waals surface area contributed by atoms with Crippen LogP contribution < -0.4 is 5.56 Å². The van der Waals surface area contributed by atoms with Crippen LogP contribution in [0.1, 0.15) is 34.8 Å². The fourth-order valence-corrected chi connectivity index (χ4v) is 4.26. The number of nitrogens with zero attached hydrogens (tertiary/aromatic N) is 5. The van der Waals surface area contributed by atoms with Crippen LogP contribution in [0.2, 0.25) is 0 Å². The molecule has 0 radical (unpaired) electrons. The van der Waals surface area contributed by atoms with Gasteiger partial charge in [-0.3, -0.25) is 14.6 Å². The molecule has 1 amide bonds. The monoisotopic (exact) mass is 479 g/mol. The summed E-state index contributed by atoms with van der Waals surface area (Å²) in [6, 6.07) is 9.38. The Morgan fingerprint density at radius 2 is 1.74 bits per heavy atom. The summed E-state index contributed by atoms with van der Waals surface area (Å²) in [6.07, 6.45) is 3.29. The van der Waals surface area contributed by atoms with E-state index in [4.69, 9.17) is 0 Å². The summed E-state index contributed by atoms with van der Waals surface area (Å²) in [5.74, 6) is -4.49. The molecular formula is C25H20F3N5O2. The van der Waals surface area contributed by atoms with Gasteiger partial charge in [0.2, 0.25) is 0 Å². The van der Waals surface area contributed by atoms with Crippen molar-refractivity contribution in [1.82, 2.24) is 24.0 Å². The average Bonchev–Trinajstić information content (AvgIpc) is 3.28. The molecule has 0 aliphatic carbocycles. The van der Waals surface area contributed by atoms with E-state index in [1.807, 2.05) is 6.92 Å². The topological polar surface area (TPSA) is 73.0 Å². The first kappa shape index (κ1) is 22.6. The second-order valence-corrected chi connectivity index (χ2v) is 8.36. The lowest BCUT2D eigenvalue weighted by Crippen LogP contribution is -2.46. The minimum absolute atomic E-state index is 0.0830. The Morgan fingerprint density at radius 1 is 1.00 bits per heavy atom.